The van der Waals surface area contributed by atoms with Crippen molar-refractivity contribution in [3.05, 3.63) is 18.2 Å². The second kappa shape index (κ2) is 4.32. The number of nitrogens with two attached hydrogens (primary N) is 1. The second-order valence-corrected chi connectivity index (χ2v) is 6.87. The molecular formula is C15H23N3O. The zero-order valence-electron chi connectivity index (χ0n) is 11.3. The number of aromatic nitrogens is 2. The Morgan fingerprint density at radius 2 is 1.84 bits per heavy atom. The standard InChI is InChI=1S/C15H23N3O/c16-8-13(19)15-17-1-2-18(15)14-11-4-9-3-10(6-11)7-12(14)5-9/h1-2,9-14,19H,3-8,16H2. The van der Waals surface area contributed by atoms with Gasteiger partial charge in [-0.15, -0.1) is 0 Å². The lowest BCUT2D eigenvalue weighted by atomic mass is 9.54. The third-order valence-electron chi connectivity index (χ3n) is 5.72. The average Bonchev–Trinajstić information content (AvgIpc) is 2.85. The Balaban J connectivity index is 1.67. The van der Waals surface area contributed by atoms with Crippen LogP contribution in [0.5, 0.6) is 0 Å². The molecule has 1 aromatic rings. The molecule has 1 heterocycles. The largest absolute Gasteiger partial charge is 0.384 e. The summed E-state index contributed by atoms with van der Waals surface area (Å²) in [6.07, 6.45) is 10.3. The molecule has 4 bridgehead atoms. The molecule has 19 heavy (non-hydrogen) atoms. The van der Waals surface area contributed by atoms with E-state index in [1.165, 1.54) is 32.1 Å². The van der Waals surface area contributed by atoms with Crippen LogP contribution in [0.3, 0.4) is 0 Å². The summed E-state index contributed by atoms with van der Waals surface area (Å²) in [5, 5.41) is 10.0. The normalized spacial score (nSPS) is 41.7. The highest BCUT2D eigenvalue weighted by molar-refractivity contribution is 5.07. The molecule has 1 unspecified atom stereocenters. The lowest BCUT2D eigenvalue weighted by molar-refractivity contribution is -0.0321. The Bertz CT molecular complexity index is 442. The maximum Gasteiger partial charge on any atom is 0.139 e. The molecule has 0 spiro atoms. The van der Waals surface area contributed by atoms with E-state index in [-0.39, 0.29) is 6.54 Å². The molecular weight excluding hydrogens is 238 g/mol. The fourth-order valence-electron chi connectivity index (χ4n) is 5.29. The Hall–Kier alpha value is -0.870. The molecule has 4 saturated carbocycles. The van der Waals surface area contributed by atoms with Gasteiger partial charge in [-0.2, -0.15) is 0 Å². The van der Waals surface area contributed by atoms with Crippen LogP contribution in [0.2, 0.25) is 0 Å². The summed E-state index contributed by atoms with van der Waals surface area (Å²) in [7, 11) is 0. The van der Waals surface area contributed by atoms with Gasteiger partial charge in [0.25, 0.3) is 0 Å². The molecule has 4 nitrogen and oxygen atoms in total. The smallest absolute Gasteiger partial charge is 0.139 e. The van der Waals surface area contributed by atoms with E-state index in [4.69, 9.17) is 5.73 Å². The Kier molecular flexibility index (Phi) is 2.71. The van der Waals surface area contributed by atoms with Crippen molar-refractivity contribution in [2.75, 3.05) is 6.54 Å². The van der Waals surface area contributed by atoms with Gasteiger partial charge in [0, 0.05) is 25.0 Å². The topological polar surface area (TPSA) is 64.1 Å². The van der Waals surface area contributed by atoms with Crippen LogP contribution in [-0.4, -0.2) is 21.2 Å². The van der Waals surface area contributed by atoms with Gasteiger partial charge in [-0.1, -0.05) is 0 Å². The minimum absolute atomic E-state index is 0.254. The van der Waals surface area contributed by atoms with E-state index in [1.807, 2.05) is 6.20 Å². The van der Waals surface area contributed by atoms with Crippen LogP contribution >= 0.6 is 0 Å². The van der Waals surface area contributed by atoms with Crippen LogP contribution in [0.15, 0.2) is 12.4 Å². The summed E-state index contributed by atoms with van der Waals surface area (Å²) in [5.74, 6) is 4.33. The molecule has 3 N–H and O–H groups in total. The van der Waals surface area contributed by atoms with E-state index in [0.29, 0.717) is 6.04 Å². The maximum atomic E-state index is 10.0. The lowest BCUT2D eigenvalue weighted by Crippen LogP contribution is -2.46. The van der Waals surface area contributed by atoms with Crippen molar-refractivity contribution in [2.24, 2.45) is 29.4 Å². The third kappa shape index (κ3) is 1.77. The van der Waals surface area contributed by atoms with Crippen molar-refractivity contribution in [1.29, 1.82) is 0 Å². The number of rotatable bonds is 3. The van der Waals surface area contributed by atoms with Crippen molar-refractivity contribution in [3.8, 4) is 0 Å². The van der Waals surface area contributed by atoms with E-state index >= 15 is 0 Å². The quantitative estimate of drug-likeness (QED) is 0.873. The van der Waals surface area contributed by atoms with Crippen molar-refractivity contribution in [3.63, 3.8) is 0 Å². The van der Waals surface area contributed by atoms with Crippen LogP contribution < -0.4 is 5.73 Å². The van der Waals surface area contributed by atoms with Crippen molar-refractivity contribution < 1.29 is 5.11 Å². The molecule has 104 valence electrons. The van der Waals surface area contributed by atoms with Crippen LogP contribution in [0.1, 0.15) is 50.1 Å². The molecule has 4 fully saturated rings. The molecule has 4 aliphatic carbocycles. The summed E-state index contributed by atoms with van der Waals surface area (Å²) in [6, 6.07) is 0.562. The predicted octanol–water partition coefficient (Wildman–Crippen LogP) is 1.87. The van der Waals surface area contributed by atoms with Crippen LogP contribution in [0.25, 0.3) is 0 Å². The second-order valence-electron chi connectivity index (χ2n) is 6.87. The molecule has 0 saturated heterocycles. The van der Waals surface area contributed by atoms with E-state index < -0.39 is 6.10 Å². The number of aliphatic hydroxyl groups excluding tert-OH is 1. The number of hydrogen-bond acceptors (Lipinski definition) is 3. The van der Waals surface area contributed by atoms with Crippen LogP contribution in [0.4, 0.5) is 0 Å². The van der Waals surface area contributed by atoms with Gasteiger partial charge in [-0.25, -0.2) is 4.98 Å². The minimum atomic E-state index is -0.618. The molecule has 0 aromatic carbocycles. The highest BCUT2D eigenvalue weighted by atomic mass is 16.3. The van der Waals surface area contributed by atoms with Crippen LogP contribution in [0, 0.1) is 23.7 Å². The van der Waals surface area contributed by atoms with Crippen molar-refractivity contribution in [2.45, 2.75) is 44.2 Å². The first-order valence-corrected chi connectivity index (χ1v) is 7.67. The fraction of sp³-hybridized carbons (Fsp3) is 0.800. The monoisotopic (exact) mass is 261 g/mol. The highest BCUT2D eigenvalue weighted by Gasteiger charge is 2.49. The summed E-state index contributed by atoms with van der Waals surface area (Å²) in [6.45, 7) is 0.254. The number of imidazole rings is 1. The first-order chi connectivity index (χ1) is 9.26. The lowest BCUT2D eigenvalue weighted by Gasteiger charge is -2.55. The molecule has 0 amide bonds. The Morgan fingerprint density at radius 1 is 1.21 bits per heavy atom. The molecule has 4 heteroatoms. The molecule has 0 radical (unpaired) electrons. The van der Waals surface area contributed by atoms with E-state index in [9.17, 15) is 5.11 Å². The zero-order chi connectivity index (χ0) is 13.0. The SMILES string of the molecule is NCC(O)c1nccn1C1C2CC3CC(C2)CC1C3. The highest BCUT2D eigenvalue weighted by Crippen LogP contribution is 2.58. The summed E-state index contributed by atoms with van der Waals surface area (Å²) in [5.41, 5.74) is 5.60. The minimum Gasteiger partial charge on any atom is -0.384 e. The van der Waals surface area contributed by atoms with Crippen LogP contribution in [-0.2, 0) is 0 Å². The molecule has 0 aliphatic heterocycles. The van der Waals surface area contributed by atoms with Gasteiger partial charge in [-0.05, 0) is 55.8 Å². The van der Waals surface area contributed by atoms with E-state index in [1.54, 1.807) is 0 Å². The molecule has 1 atom stereocenters. The number of hydrogen-bond donors (Lipinski definition) is 2. The van der Waals surface area contributed by atoms with Gasteiger partial charge in [0.1, 0.15) is 11.9 Å². The summed E-state index contributed by atoms with van der Waals surface area (Å²) >= 11 is 0. The number of aliphatic hydroxyl groups is 1. The van der Waals surface area contributed by atoms with Gasteiger partial charge in [0.15, 0.2) is 0 Å². The zero-order valence-corrected chi connectivity index (χ0v) is 11.3. The van der Waals surface area contributed by atoms with Gasteiger partial charge >= 0.3 is 0 Å². The van der Waals surface area contributed by atoms with Gasteiger partial charge in [-0.3, -0.25) is 0 Å². The predicted molar refractivity (Wildman–Crippen MR) is 72.3 cm³/mol. The van der Waals surface area contributed by atoms with Gasteiger partial charge in [0.05, 0.1) is 0 Å². The summed E-state index contributed by atoms with van der Waals surface area (Å²) in [4.78, 5) is 4.35. The molecule has 1 aromatic heterocycles. The van der Waals surface area contributed by atoms with E-state index in [0.717, 1.165) is 29.5 Å². The Morgan fingerprint density at radius 3 is 2.42 bits per heavy atom. The Labute approximate surface area is 114 Å². The molecule has 5 rings (SSSR count). The fourth-order valence-corrected chi connectivity index (χ4v) is 5.29. The first-order valence-electron chi connectivity index (χ1n) is 7.67. The number of nitrogens with zero attached hydrogens (tertiary/aromatic N) is 2. The average molecular weight is 261 g/mol. The van der Waals surface area contributed by atoms with Crippen molar-refractivity contribution >= 4 is 0 Å². The van der Waals surface area contributed by atoms with Crippen molar-refractivity contribution in [1.82, 2.24) is 9.55 Å². The third-order valence-corrected chi connectivity index (χ3v) is 5.72. The first kappa shape index (κ1) is 11.9. The van der Waals surface area contributed by atoms with Gasteiger partial charge in [0.2, 0.25) is 0 Å². The van der Waals surface area contributed by atoms with E-state index in [2.05, 4.69) is 15.7 Å². The van der Waals surface area contributed by atoms with Gasteiger partial charge < -0.3 is 15.4 Å². The summed E-state index contributed by atoms with van der Waals surface area (Å²) < 4.78 is 2.25. The molecule has 4 aliphatic rings. The maximum absolute atomic E-state index is 10.0.